The van der Waals surface area contributed by atoms with Crippen molar-refractivity contribution < 1.29 is 18.9 Å². The van der Waals surface area contributed by atoms with Crippen LogP contribution in [0.1, 0.15) is 25.0 Å². The minimum absolute atomic E-state index is 0.383. The van der Waals surface area contributed by atoms with Crippen LogP contribution in [-0.4, -0.2) is 51.9 Å². The second kappa shape index (κ2) is 18.1. The number of aliphatic imine (C=N–C) groups is 2. The summed E-state index contributed by atoms with van der Waals surface area (Å²) in [6, 6.07) is 48.2. The molecular formula is C42H36N2O4Se2. The Kier molecular flexibility index (Phi) is 12.5. The SMILES string of the molecule is CCOc1ccc(Oc2ccc(/C=N/c3ccc([Se][Se]c4ccc(/N=C/c5ccc(Oc6ccc(OCC)cc6)cc5)cc4)cc3)cc2)cc1. The molecule has 8 heteroatoms. The Morgan fingerprint density at radius 1 is 0.400 bits per heavy atom. The first-order valence-corrected chi connectivity index (χ1v) is 22.3. The van der Waals surface area contributed by atoms with Crippen LogP contribution in [0, 0.1) is 0 Å². The molecule has 0 fully saturated rings. The van der Waals surface area contributed by atoms with Gasteiger partial charge in [-0.25, -0.2) is 0 Å². The predicted molar refractivity (Wildman–Crippen MR) is 206 cm³/mol. The number of nitrogens with zero attached hydrogens (tertiary/aromatic N) is 2. The summed E-state index contributed by atoms with van der Waals surface area (Å²) in [6.45, 7) is 5.23. The van der Waals surface area contributed by atoms with Gasteiger partial charge in [0.2, 0.25) is 0 Å². The molecule has 0 unspecified atom stereocenters. The summed E-state index contributed by atoms with van der Waals surface area (Å²) in [4.78, 5) is 9.33. The molecule has 0 heterocycles. The third kappa shape index (κ3) is 10.7. The van der Waals surface area contributed by atoms with E-state index in [0.717, 1.165) is 57.0 Å². The zero-order chi connectivity index (χ0) is 34.4. The molecule has 6 aromatic rings. The average Bonchev–Trinajstić information content (AvgIpc) is 3.16. The molecule has 50 heavy (non-hydrogen) atoms. The van der Waals surface area contributed by atoms with Gasteiger partial charge >= 0.3 is 210 Å². The molecule has 0 aliphatic rings. The third-order valence-electron chi connectivity index (χ3n) is 7.13. The van der Waals surface area contributed by atoms with E-state index in [9.17, 15) is 0 Å². The van der Waals surface area contributed by atoms with Crippen molar-refractivity contribution >= 4 is 59.0 Å². The molecule has 0 aromatic heterocycles. The van der Waals surface area contributed by atoms with Crippen LogP contribution < -0.4 is 27.9 Å². The molecule has 0 spiro atoms. The molecule has 6 rings (SSSR count). The van der Waals surface area contributed by atoms with Gasteiger partial charge in [-0.1, -0.05) is 0 Å². The normalized spacial score (nSPS) is 11.2. The van der Waals surface area contributed by atoms with Crippen LogP contribution in [0.2, 0.25) is 0 Å². The Morgan fingerprint density at radius 2 is 0.700 bits per heavy atom. The predicted octanol–water partition coefficient (Wildman–Crippen LogP) is 8.84. The maximum atomic E-state index is 5.95. The van der Waals surface area contributed by atoms with Gasteiger partial charge in [0.25, 0.3) is 0 Å². The topological polar surface area (TPSA) is 61.6 Å². The van der Waals surface area contributed by atoms with Crippen molar-refractivity contribution in [3.8, 4) is 34.5 Å². The van der Waals surface area contributed by atoms with E-state index in [4.69, 9.17) is 18.9 Å². The van der Waals surface area contributed by atoms with Crippen molar-refractivity contribution in [3.63, 3.8) is 0 Å². The maximum absolute atomic E-state index is 5.95. The standard InChI is InChI=1S/C42H36N2O4Se2/c1-3-45-35-17-21-39(22-18-35)47-37-13-5-31(6-14-37)29-43-33-9-25-41(26-10-33)49-50-42-27-11-34(12-28-42)44-30-32-7-15-38(16-8-32)48-40-23-19-36(20-24-40)46-4-2/h5-30H,3-4H2,1-2H3/b43-29+,44-30+. The van der Waals surface area contributed by atoms with Crippen LogP contribution in [0.25, 0.3) is 0 Å². The first kappa shape index (κ1) is 34.8. The molecule has 0 aliphatic carbocycles. The van der Waals surface area contributed by atoms with Crippen molar-refractivity contribution in [3.05, 3.63) is 157 Å². The summed E-state index contributed by atoms with van der Waals surface area (Å²) in [6.07, 6.45) is 3.76. The van der Waals surface area contributed by atoms with Gasteiger partial charge in [0.05, 0.1) is 13.2 Å². The van der Waals surface area contributed by atoms with E-state index in [-0.39, 0.29) is 0 Å². The molecule has 0 bridgehead atoms. The quantitative estimate of drug-likeness (QED) is 0.0771. The van der Waals surface area contributed by atoms with Crippen molar-refractivity contribution in [1.29, 1.82) is 0 Å². The molecule has 0 amide bonds. The Balaban J connectivity index is 0.936. The largest absolute Gasteiger partial charge is 0.0163 e. The van der Waals surface area contributed by atoms with Crippen molar-refractivity contribution in [1.82, 2.24) is 0 Å². The summed E-state index contributed by atoms with van der Waals surface area (Å²) in [7, 11) is 0. The monoisotopic (exact) mass is 792 g/mol. The molecule has 6 nitrogen and oxygen atoms in total. The summed E-state index contributed by atoms with van der Waals surface area (Å²) < 4.78 is 25.6. The summed E-state index contributed by atoms with van der Waals surface area (Å²) in [5.74, 6) is 4.76. The van der Waals surface area contributed by atoms with Crippen LogP contribution >= 0.6 is 0 Å². The van der Waals surface area contributed by atoms with Gasteiger partial charge in [-0.15, -0.1) is 0 Å². The van der Waals surface area contributed by atoms with Crippen LogP contribution in [0.15, 0.2) is 156 Å². The smallest absolute Gasteiger partial charge is 0.0156 e. The minimum atomic E-state index is 0.383. The van der Waals surface area contributed by atoms with E-state index in [1.807, 2.05) is 123 Å². The third-order valence-corrected chi connectivity index (χ3v) is 14.4. The van der Waals surface area contributed by atoms with Gasteiger partial charge < -0.3 is 9.47 Å². The minimum Gasteiger partial charge on any atom is -0.0163 e. The molecule has 0 aliphatic heterocycles. The molecule has 0 atom stereocenters. The second-order valence-corrected chi connectivity index (χ2v) is 17.1. The Labute approximate surface area is 304 Å². The van der Waals surface area contributed by atoms with Gasteiger partial charge in [0.15, 0.2) is 0 Å². The van der Waals surface area contributed by atoms with Crippen molar-refractivity contribution in [2.75, 3.05) is 13.2 Å². The molecule has 0 saturated heterocycles. The zero-order valence-corrected chi connectivity index (χ0v) is 31.2. The number of hydrogen-bond donors (Lipinski definition) is 0. The van der Waals surface area contributed by atoms with Crippen molar-refractivity contribution in [2.24, 2.45) is 9.98 Å². The zero-order valence-electron chi connectivity index (χ0n) is 27.8. The summed E-state index contributed by atoms with van der Waals surface area (Å²) >= 11 is 0.767. The van der Waals surface area contributed by atoms with E-state index >= 15 is 0 Å². The number of ether oxygens (including phenoxy) is 4. The molecule has 6 aromatic carbocycles. The Bertz CT molecular complexity index is 1830. The van der Waals surface area contributed by atoms with E-state index in [1.54, 1.807) is 0 Å². The molecule has 250 valence electrons. The number of hydrogen-bond acceptors (Lipinski definition) is 6. The second-order valence-electron chi connectivity index (χ2n) is 10.8. The molecule has 0 N–H and O–H groups in total. The van der Waals surface area contributed by atoms with Crippen LogP contribution in [0.4, 0.5) is 11.4 Å². The van der Waals surface area contributed by atoms with E-state index in [0.29, 0.717) is 39.5 Å². The molecule has 0 radical (unpaired) electrons. The van der Waals surface area contributed by atoms with Gasteiger partial charge in [-0.05, 0) is 62.4 Å². The van der Waals surface area contributed by atoms with Gasteiger partial charge in [0, 0.05) is 0 Å². The van der Waals surface area contributed by atoms with Crippen LogP contribution in [0.3, 0.4) is 0 Å². The molecule has 0 saturated carbocycles. The fraction of sp³-hybridized carbons (Fsp3) is 0.0952. The molecular weight excluding hydrogens is 754 g/mol. The Hall–Kier alpha value is -5.10. The first-order chi connectivity index (χ1) is 24.6. The van der Waals surface area contributed by atoms with Crippen LogP contribution in [-0.2, 0) is 0 Å². The first-order valence-electron chi connectivity index (χ1n) is 16.3. The van der Waals surface area contributed by atoms with E-state index in [1.165, 1.54) is 8.92 Å². The summed E-state index contributed by atoms with van der Waals surface area (Å²) in [5.41, 5.74) is 3.89. The fourth-order valence-corrected chi connectivity index (χ4v) is 10.6. The van der Waals surface area contributed by atoms with Gasteiger partial charge in [-0.3, -0.25) is 0 Å². The van der Waals surface area contributed by atoms with E-state index in [2.05, 4.69) is 58.5 Å². The fourth-order valence-electron chi connectivity index (χ4n) is 4.63. The number of rotatable bonds is 15. The maximum Gasteiger partial charge on any atom is -0.0156 e. The number of benzene rings is 6. The van der Waals surface area contributed by atoms with Crippen molar-refractivity contribution in [2.45, 2.75) is 13.8 Å². The van der Waals surface area contributed by atoms with E-state index < -0.39 is 0 Å². The van der Waals surface area contributed by atoms with Gasteiger partial charge in [0.1, 0.15) is 11.5 Å². The van der Waals surface area contributed by atoms with Gasteiger partial charge in [-0.2, -0.15) is 0 Å². The summed E-state index contributed by atoms with van der Waals surface area (Å²) in [5, 5.41) is 0. The Morgan fingerprint density at radius 3 is 1.02 bits per heavy atom. The average molecular weight is 791 g/mol. The van der Waals surface area contributed by atoms with Crippen LogP contribution in [0.5, 0.6) is 34.5 Å².